The highest BCUT2D eigenvalue weighted by Gasteiger charge is 2.44. The van der Waals surface area contributed by atoms with Crippen molar-refractivity contribution >= 4 is 39.8 Å². The molecular formula is C33H41ClN6O2. The van der Waals surface area contributed by atoms with Crippen LogP contribution in [0.1, 0.15) is 37.9 Å². The molecule has 9 heteroatoms. The lowest BCUT2D eigenvalue weighted by Crippen LogP contribution is -2.58. The molecule has 0 spiro atoms. The summed E-state index contributed by atoms with van der Waals surface area (Å²) < 4.78 is 6.41. The minimum Gasteiger partial charge on any atom is -0.463 e. The van der Waals surface area contributed by atoms with Crippen molar-refractivity contribution in [2.45, 2.75) is 51.7 Å². The number of amides is 1. The number of anilines is 2. The van der Waals surface area contributed by atoms with Crippen molar-refractivity contribution in [1.82, 2.24) is 19.8 Å². The average molecular weight is 589 g/mol. The predicted octanol–water partition coefficient (Wildman–Crippen LogP) is 5.18. The van der Waals surface area contributed by atoms with Gasteiger partial charge < -0.3 is 24.3 Å². The number of halogens is 1. The summed E-state index contributed by atoms with van der Waals surface area (Å²) in [4.78, 5) is 31.5. The zero-order valence-electron chi connectivity index (χ0n) is 25.1. The third-order valence-electron chi connectivity index (χ3n) is 9.03. The number of hydrogen-bond donors (Lipinski definition) is 0. The van der Waals surface area contributed by atoms with Crippen LogP contribution in [0.4, 0.5) is 11.5 Å². The van der Waals surface area contributed by atoms with E-state index in [1.54, 1.807) is 0 Å². The number of carbonyl (C=O) groups is 1. The Labute approximate surface area is 253 Å². The Morgan fingerprint density at radius 1 is 1.14 bits per heavy atom. The molecule has 1 amide bonds. The first kappa shape index (κ1) is 28.7. The molecule has 6 rings (SSSR count). The summed E-state index contributed by atoms with van der Waals surface area (Å²) in [6.45, 7) is 12.3. The topological polar surface area (TPSA) is 65.0 Å². The van der Waals surface area contributed by atoms with Crippen LogP contribution < -0.4 is 14.5 Å². The smallest absolute Gasteiger partial charge is 0.318 e. The van der Waals surface area contributed by atoms with E-state index in [4.69, 9.17) is 26.3 Å². The van der Waals surface area contributed by atoms with E-state index >= 15 is 0 Å². The van der Waals surface area contributed by atoms with Crippen molar-refractivity contribution < 1.29 is 9.53 Å². The van der Waals surface area contributed by atoms with Gasteiger partial charge in [0.1, 0.15) is 5.82 Å². The lowest BCUT2D eigenvalue weighted by atomic mass is 10.0. The van der Waals surface area contributed by atoms with Crippen LogP contribution in [-0.4, -0.2) is 84.6 Å². The van der Waals surface area contributed by atoms with Gasteiger partial charge in [-0.25, -0.2) is 0 Å². The average Bonchev–Trinajstić information content (AvgIpc) is 3.74. The van der Waals surface area contributed by atoms with Gasteiger partial charge in [0.05, 0.1) is 23.9 Å². The van der Waals surface area contributed by atoms with Crippen LogP contribution in [0.5, 0.6) is 6.01 Å². The van der Waals surface area contributed by atoms with Gasteiger partial charge in [0.25, 0.3) is 0 Å². The van der Waals surface area contributed by atoms with E-state index in [1.807, 2.05) is 17.0 Å². The van der Waals surface area contributed by atoms with Crippen LogP contribution in [0.3, 0.4) is 0 Å². The fraction of sp³-hybridized carbons (Fsp3) is 0.485. The van der Waals surface area contributed by atoms with E-state index in [9.17, 15) is 4.79 Å². The van der Waals surface area contributed by atoms with Gasteiger partial charge in [-0.3, -0.25) is 4.79 Å². The lowest BCUT2D eigenvalue weighted by Gasteiger charge is -2.45. The first-order valence-electron chi connectivity index (χ1n) is 15.0. The summed E-state index contributed by atoms with van der Waals surface area (Å²) in [6.07, 6.45) is 4.54. The molecule has 0 bridgehead atoms. The highest BCUT2D eigenvalue weighted by atomic mass is 35.5. The number of fused-ring (bicyclic) bond motifs is 2. The number of hydrogen-bond acceptors (Lipinski definition) is 7. The minimum atomic E-state index is -0.0252. The van der Waals surface area contributed by atoms with Crippen LogP contribution >= 0.6 is 11.6 Å². The maximum Gasteiger partial charge on any atom is 0.318 e. The van der Waals surface area contributed by atoms with Crippen molar-refractivity contribution in [1.29, 1.82) is 0 Å². The second kappa shape index (κ2) is 11.4. The van der Waals surface area contributed by atoms with Gasteiger partial charge in [-0.2, -0.15) is 9.97 Å². The van der Waals surface area contributed by atoms with E-state index in [1.165, 1.54) is 11.6 Å². The summed E-state index contributed by atoms with van der Waals surface area (Å²) >= 11 is 6.72. The number of piperazine rings is 1. The molecule has 1 saturated heterocycles. The van der Waals surface area contributed by atoms with Crippen molar-refractivity contribution in [2.24, 2.45) is 5.41 Å². The normalized spacial score (nSPS) is 21.4. The number of aromatic nitrogens is 2. The number of nitrogens with zero attached hydrogens (tertiary/aromatic N) is 6. The maximum absolute atomic E-state index is 12.5. The highest BCUT2D eigenvalue weighted by molar-refractivity contribution is 6.36. The summed E-state index contributed by atoms with van der Waals surface area (Å²) in [5, 5.41) is 2.95. The van der Waals surface area contributed by atoms with E-state index in [0.29, 0.717) is 32.3 Å². The van der Waals surface area contributed by atoms with Crippen LogP contribution in [0.25, 0.3) is 10.8 Å². The van der Waals surface area contributed by atoms with Crippen molar-refractivity contribution in [3.05, 3.63) is 65.3 Å². The van der Waals surface area contributed by atoms with Gasteiger partial charge in [-0.15, -0.1) is 0 Å². The molecule has 0 unspecified atom stereocenters. The molecule has 2 atom stereocenters. The Hall–Kier alpha value is -3.36. The fourth-order valence-electron chi connectivity index (χ4n) is 6.70. The van der Waals surface area contributed by atoms with Crippen molar-refractivity contribution in [3.8, 4) is 6.01 Å². The van der Waals surface area contributed by atoms with E-state index < -0.39 is 0 Å². The third-order valence-corrected chi connectivity index (χ3v) is 9.34. The molecule has 3 aliphatic rings. The summed E-state index contributed by atoms with van der Waals surface area (Å²) in [5.41, 5.74) is 3.45. The lowest BCUT2D eigenvalue weighted by molar-refractivity contribution is -0.128. The SMILES string of the molecule is C=CC(=O)N1C[C@H](C)N(c2nc(OCC3(CN(C)C)CC3)nc3c2CCN(c2cccc4cccc(Cl)c24)C3)C[C@@H]1C. The molecule has 1 aromatic heterocycles. The number of rotatable bonds is 8. The van der Waals surface area contributed by atoms with Gasteiger partial charge in [0, 0.05) is 60.3 Å². The maximum atomic E-state index is 12.5. The van der Waals surface area contributed by atoms with Gasteiger partial charge in [-0.1, -0.05) is 42.4 Å². The summed E-state index contributed by atoms with van der Waals surface area (Å²) in [6, 6.07) is 13.0. The predicted molar refractivity (Wildman–Crippen MR) is 170 cm³/mol. The zero-order chi connectivity index (χ0) is 29.6. The molecule has 1 saturated carbocycles. The molecule has 2 aromatic carbocycles. The molecule has 222 valence electrons. The number of carbonyl (C=O) groups excluding carboxylic acids is 1. The molecule has 3 aromatic rings. The number of benzene rings is 2. The molecule has 1 aliphatic carbocycles. The van der Waals surface area contributed by atoms with Crippen LogP contribution in [0.2, 0.25) is 5.02 Å². The Morgan fingerprint density at radius 2 is 1.90 bits per heavy atom. The summed E-state index contributed by atoms with van der Waals surface area (Å²) in [5.74, 6) is 0.913. The molecule has 0 N–H and O–H groups in total. The zero-order valence-corrected chi connectivity index (χ0v) is 25.9. The quantitative estimate of drug-likeness (QED) is 0.336. The summed E-state index contributed by atoms with van der Waals surface area (Å²) in [7, 11) is 4.22. The highest BCUT2D eigenvalue weighted by Crippen LogP contribution is 2.46. The molecule has 2 fully saturated rings. The number of ether oxygens (including phenoxy) is 1. The largest absolute Gasteiger partial charge is 0.463 e. The van der Waals surface area contributed by atoms with Crippen molar-refractivity contribution in [3.63, 3.8) is 0 Å². The van der Waals surface area contributed by atoms with Crippen LogP contribution in [0.15, 0.2) is 49.1 Å². The van der Waals surface area contributed by atoms with E-state index in [0.717, 1.165) is 65.3 Å². The monoisotopic (exact) mass is 588 g/mol. The van der Waals surface area contributed by atoms with Gasteiger partial charge >= 0.3 is 6.01 Å². The van der Waals surface area contributed by atoms with E-state index in [-0.39, 0.29) is 23.4 Å². The van der Waals surface area contributed by atoms with Gasteiger partial charge in [-0.05, 0) is 70.8 Å². The first-order chi connectivity index (χ1) is 20.2. The van der Waals surface area contributed by atoms with Gasteiger partial charge in [0.2, 0.25) is 5.91 Å². The fourth-order valence-corrected chi connectivity index (χ4v) is 6.97. The molecule has 42 heavy (non-hydrogen) atoms. The van der Waals surface area contributed by atoms with Crippen LogP contribution in [0, 0.1) is 5.41 Å². The molecule has 2 aliphatic heterocycles. The third kappa shape index (κ3) is 5.54. The Balaban J connectivity index is 1.35. The minimum absolute atomic E-state index is 0.0252. The Kier molecular flexibility index (Phi) is 7.79. The molecule has 3 heterocycles. The standard InChI is InChI=1S/C33H41ClN6O2/c1-6-29(41)39-17-23(3)40(18-22(39)2)31-25-13-16-38(28-12-8-10-24-9-7-11-26(34)30(24)28)19-27(25)35-32(36-31)42-21-33(14-15-33)20-37(4)5/h6-12,22-23H,1,13-21H2,2-5H3/t22-,23-/m0/s1. The van der Waals surface area contributed by atoms with Crippen molar-refractivity contribution in [2.75, 3.05) is 56.7 Å². The van der Waals surface area contributed by atoms with Gasteiger partial charge in [0.15, 0.2) is 0 Å². The second-order valence-corrected chi connectivity index (χ2v) is 13.0. The molecular weight excluding hydrogens is 548 g/mol. The molecule has 8 nitrogen and oxygen atoms in total. The second-order valence-electron chi connectivity index (χ2n) is 12.6. The first-order valence-corrected chi connectivity index (χ1v) is 15.3. The van der Waals surface area contributed by atoms with Crippen LogP contribution in [-0.2, 0) is 17.8 Å². The Morgan fingerprint density at radius 3 is 2.62 bits per heavy atom. The molecule has 0 radical (unpaired) electrons. The Bertz CT molecular complexity index is 1500. The van der Waals surface area contributed by atoms with E-state index in [2.05, 4.69) is 73.5 Å².